The van der Waals surface area contributed by atoms with Crippen molar-refractivity contribution in [2.75, 3.05) is 13.2 Å². The van der Waals surface area contributed by atoms with Crippen LogP contribution in [0.4, 0.5) is 17.6 Å². The fourth-order valence-electron chi connectivity index (χ4n) is 3.45. The van der Waals surface area contributed by atoms with Gasteiger partial charge in [0.25, 0.3) is 0 Å². The first-order chi connectivity index (χ1) is 15.4. The zero-order valence-corrected chi connectivity index (χ0v) is 17.4. The number of rotatable bonds is 7. The van der Waals surface area contributed by atoms with Crippen LogP contribution >= 0.6 is 0 Å². The van der Waals surface area contributed by atoms with E-state index in [9.17, 15) is 17.6 Å². The molecular formula is C24H20F4O4. The second-order valence-corrected chi connectivity index (χ2v) is 7.06. The smallest absolute Gasteiger partial charge is 0.207 e. The largest absolute Gasteiger partial charge is 0.491 e. The molecule has 1 heterocycles. The summed E-state index contributed by atoms with van der Waals surface area (Å²) in [5.74, 6) is -4.80. The molecule has 1 aliphatic heterocycles. The van der Waals surface area contributed by atoms with Gasteiger partial charge in [0.15, 0.2) is 34.6 Å². The standard InChI is InChI=1S/C24H20F4O4/c1-3-29-17-7-5-13(9-16(17)25)12-31-19-11-15-10-14-6-8-18(30-4-2)21(27)23(14)32-24(15)22(28)20(19)26/h5-9,11H,3-4,10,12H2,1-2H3. The lowest BCUT2D eigenvalue weighted by Crippen LogP contribution is -2.10. The molecule has 0 atom stereocenters. The summed E-state index contributed by atoms with van der Waals surface area (Å²) in [6, 6.07) is 8.59. The maximum atomic E-state index is 14.7. The van der Waals surface area contributed by atoms with Crippen LogP contribution in [0, 0.1) is 23.3 Å². The molecule has 8 heteroatoms. The molecule has 0 fully saturated rings. The number of fused-ring (bicyclic) bond motifs is 2. The second-order valence-electron chi connectivity index (χ2n) is 7.06. The fraction of sp³-hybridized carbons (Fsp3) is 0.250. The van der Waals surface area contributed by atoms with E-state index in [1.165, 1.54) is 24.3 Å². The summed E-state index contributed by atoms with van der Waals surface area (Å²) in [7, 11) is 0. The highest BCUT2D eigenvalue weighted by Gasteiger charge is 2.29. The molecule has 1 aliphatic rings. The van der Waals surface area contributed by atoms with Crippen molar-refractivity contribution in [1.82, 2.24) is 0 Å². The van der Waals surface area contributed by atoms with Crippen LogP contribution < -0.4 is 18.9 Å². The summed E-state index contributed by atoms with van der Waals surface area (Å²) in [5.41, 5.74) is 1.17. The minimum absolute atomic E-state index is 0.0295. The SMILES string of the molecule is CCOc1ccc(COc2cc3c(c(F)c2F)Oc2c(ccc(OCC)c2F)C3)cc1F. The van der Waals surface area contributed by atoms with Crippen molar-refractivity contribution in [3.05, 3.63) is 76.4 Å². The summed E-state index contributed by atoms with van der Waals surface area (Å²) < 4.78 is 79.1. The van der Waals surface area contributed by atoms with Crippen molar-refractivity contribution in [3.8, 4) is 28.7 Å². The van der Waals surface area contributed by atoms with Crippen LogP contribution in [-0.4, -0.2) is 13.2 Å². The van der Waals surface area contributed by atoms with Gasteiger partial charge in [-0.05, 0) is 43.7 Å². The maximum Gasteiger partial charge on any atom is 0.207 e. The Hall–Kier alpha value is -3.42. The Morgan fingerprint density at radius 3 is 2.12 bits per heavy atom. The average molecular weight is 448 g/mol. The van der Waals surface area contributed by atoms with E-state index in [0.717, 1.165) is 0 Å². The molecule has 3 aromatic rings. The summed E-state index contributed by atoms with van der Waals surface area (Å²) in [4.78, 5) is 0. The van der Waals surface area contributed by atoms with Crippen LogP contribution in [0.2, 0.25) is 0 Å². The molecule has 0 aromatic heterocycles. The van der Waals surface area contributed by atoms with E-state index >= 15 is 0 Å². The van der Waals surface area contributed by atoms with E-state index < -0.39 is 29.0 Å². The zero-order chi connectivity index (χ0) is 22.8. The number of benzene rings is 3. The van der Waals surface area contributed by atoms with E-state index in [1.54, 1.807) is 26.0 Å². The van der Waals surface area contributed by atoms with Gasteiger partial charge >= 0.3 is 0 Å². The topological polar surface area (TPSA) is 36.9 Å². The van der Waals surface area contributed by atoms with E-state index in [4.69, 9.17) is 18.9 Å². The van der Waals surface area contributed by atoms with Crippen molar-refractivity contribution >= 4 is 0 Å². The molecule has 32 heavy (non-hydrogen) atoms. The van der Waals surface area contributed by atoms with Crippen LogP contribution in [0.15, 0.2) is 36.4 Å². The lowest BCUT2D eigenvalue weighted by molar-refractivity contribution is 0.277. The molecule has 0 unspecified atom stereocenters. The minimum atomic E-state index is -1.29. The third kappa shape index (κ3) is 4.04. The Kier molecular flexibility index (Phi) is 6.12. The first-order valence-corrected chi connectivity index (χ1v) is 10.1. The Bertz CT molecular complexity index is 1160. The van der Waals surface area contributed by atoms with Crippen molar-refractivity contribution in [1.29, 1.82) is 0 Å². The highest BCUT2D eigenvalue weighted by Crippen LogP contribution is 2.44. The summed E-state index contributed by atoms with van der Waals surface area (Å²) in [6.07, 6.45) is 0.110. The van der Waals surface area contributed by atoms with Gasteiger partial charge in [-0.25, -0.2) is 4.39 Å². The third-order valence-electron chi connectivity index (χ3n) is 4.92. The van der Waals surface area contributed by atoms with Crippen LogP contribution in [0.25, 0.3) is 0 Å². The molecule has 0 saturated heterocycles. The van der Waals surface area contributed by atoms with E-state index in [-0.39, 0.29) is 42.6 Å². The monoisotopic (exact) mass is 448 g/mol. The number of ether oxygens (including phenoxy) is 4. The minimum Gasteiger partial charge on any atom is -0.491 e. The quantitative estimate of drug-likeness (QED) is 0.310. The van der Waals surface area contributed by atoms with Gasteiger partial charge < -0.3 is 18.9 Å². The van der Waals surface area contributed by atoms with Crippen LogP contribution in [0.5, 0.6) is 28.7 Å². The van der Waals surface area contributed by atoms with Crippen molar-refractivity contribution in [3.63, 3.8) is 0 Å². The molecule has 0 aliphatic carbocycles. The molecule has 168 valence electrons. The molecule has 0 saturated carbocycles. The average Bonchev–Trinajstić information content (AvgIpc) is 2.78. The van der Waals surface area contributed by atoms with Crippen LogP contribution in [0.1, 0.15) is 30.5 Å². The Morgan fingerprint density at radius 2 is 1.41 bits per heavy atom. The molecule has 4 nitrogen and oxygen atoms in total. The molecule has 3 aromatic carbocycles. The first-order valence-electron chi connectivity index (χ1n) is 10.1. The number of hydrogen-bond acceptors (Lipinski definition) is 4. The Labute approximate surface area is 182 Å². The summed E-state index contributed by atoms with van der Waals surface area (Å²) >= 11 is 0. The fourth-order valence-corrected chi connectivity index (χ4v) is 3.45. The lowest BCUT2D eigenvalue weighted by atomic mass is 9.99. The van der Waals surface area contributed by atoms with Gasteiger partial charge in [-0.15, -0.1) is 0 Å². The van der Waals surface area contributed by atoms with Crippen molar-refractivity contribution in [2.24, 2.45) is 0 Å². The summed E-state index contributed by atoms with van der Waals surface area (Å²) in [6.45, 7) is 3.80. The molecule has 0 N–H and O–H groups in total. The Balaban J connectivity index is 1.58. The predicted octanol–water partition coefficient (Wildman–Crippen LogP) is 6.32. The van der Waals surface area contributed by atoms with Gasteiger partial charge in [0.1, 0.15) is 6.61 Å². The van der Waals surface area contributed by atoms with Crippen LogP contribution in [-0.2, 0) is 13.0 Å². The van der Waals surface area contributed by atoms with Crippen molar-refractivity contribution in [2.45, 2.75) is 26.9 Å². The molecular weight excluding hydrogens is 428 g/mol. The first kappa shape index (κ1) is 21.8. The van der Waals surface area contributed by atoms with Crippen molar-refractivity contribution < 1.29 is 36.5 Å². The highest BCUT2D eigenvalue weighted by atomic mass is 19.2. The zero-order valence-electron chi connectivity index (χ0n) is 17.4. The second kappa shape index (κ2) is 8.98. The lowest BCUT2D eigenvalue weighted by Gasteiger charge is -2.23. The molecule has 0 bridgehead atoms. The van der Waals surface area contributed by atoms with Gasteiger partial charge in [-0.1, -0.05) is 12.1 Å². The van der Waals surface area contributed by atoms with Gasteiger partial charge in [0, 0.05) is 17.5 Å². The van der Waals surface area contributed by atoms with Gasteiger partial charge in [0.2, 0.25) is 17.5 Å². The van der Waals surface area contributed by atoms with Crippen LogP contribution in [0.3, 0.4) is 0 Å². The Morgan fingerprint density at radius 1 is 0.719 bits per heavy atom. The summed E-state index contributed by atoms with van der Waals surface area (Å²) in [5, 5.41) is 0. The normalized spacial score (nSPS) is 11.9. The number of halogens is 4. The molecule has 4 rings (SSSR count). The van der Waals surface area contributed by atoms with E-state index in [0.29, 0.717) is 23.3 Å². The molecule has 0 spiro atoms. The third-order valence-corrected chi connectivity index (χ3v) is 4.92. The van der Waals surface area contributed by atoms with Gasteiger partial charge in [-0.2, -0.15) is 13.2 Å². The van der Waals surface area contributed by atoms with Gasteiger partial charge in [0.05, 0.1) is 13.2 Å². The van der Waals surface area contributed by atoms with E-state index in [1.807, 2.05) is 0 Å². The molecule has 0 amide bonds. The predicted molar refractivity (Wildman–Crippen MR) is 109 cm³/mol. The maximum absolute atomic E-state index is 14.7. The van der Waals surface area contributed by atoms with E-state index in [2.05, 4.69) is 0 Å². The molecule has 0 radical (unpaired) electrons. The number of hydrogen-bond donors (Lipinski definition) is 0. The highest BCUT2D eigenvalue weighted by molar-refractivity contribution is 5.55. The van der Waals surface area contributed by atoms with Gasteiger partial charge in [-0.3, -0.25) is 0 Å².